The highest BCUT2D eigenvalue weighted by molar-refractivity contribution is 5.98. The fourth-order valence-corrected chi connectivity index (χ4v) is 3.30. The van der Waals surface area contributed by atoms with E-state index >= 15 is 0 Å². The van der Waals surface area contributed by atoms with Crippen LogP contribution in [0, 0.1) is 13.8 Å². The zero-order valence-electron chi connectivity index (χ0n) is 14.4. The Hall–Kier alpha value is -2.67. The highest BCUT2D eigenvalue weighted by Gasteiger charge is 2.27. The lowest BCUT2D eigenvalue weighted by Gasteiger charge is -2.32. The lowest BCUT2D eigenvalue weighted by Crippen LogP contribution is -2.47. The molecule has 7 heteroatoms. The second-order valence-electron chi connectivity index (χ2n) is 6.40. The lowest BCUT2D eigenvalue weighted by atomic mass is 10.2. The SMILES string of the molecule is Cc1nc(C)n(C[C@@H]2CN(C(=O)c3cc4ccccc4[nH]3)CCO2)n1. The number of amides is 1. The van der Waals surface area contributed by atoms with E-state index in [9.17, 15) is 4.79 Å². The van der Waals surface area contributed by atoms with Crippen LogP contribution in [0.1, 0.15) is 22.1 Å². The number of aromatic nitrogens is 4. The number of rotatable bonds is 3. The van der Waals surface area contributed by atoms with E-state index in [2.05, 4.69) is 15.1 Å². The van der Waals surface area contributed by atoms with E-state index in [4.69, 9.17) is 4.74 Å². The monoisotopic (exact) mass is 339 g/mol. The number of hydrogen-bond acceptors (Lipinski definition) is 4. The summed E-state index contributed by atoms with van der Waals surface area (Å²) in [5.74, 6) is 1.62. The second kappa shape index (κ2) is 6.33. The maximum Gasteiger partial charge on any atom is 0.270 e. The summed E-state index contributed by atoms with van der Waals surface area (Å²) in [4.78, 5) is 22.2. The average molecular weight is 339 g/mol. The number of aryl methyl sites for hydroxylation is 2. The van der Waals surface area contributed by atoms with Gasteiger partial charge >= 0.3 is 0 Å². The van der Waals surface area contributed by atoms with Crippen LogP contribution in [0.5, 0.6) is 0 Å². The molecule has 130 valence electrons. The summed E-state index contributed by atoms with van der Waals surface area (Å²) in [6.45, 7) is 6.08. The Bertz CT molecular complexity index is 880. The van der Waals surface area contributed by atoms with E-state index in [1.165, 1.54) is 0 Å². The molecule has 1 aliphatic rings. The first kappa shape index (κ1) is 15.8. The molecule has 0 bridgehead atoms. The smallest absolute Gasteiger partial charge is 0.270 e. The first-order valence-corrected chi connectivity index (χ1v) is 8.47. The van der Waals surface area contributed by atoms with Gasteiger partial charge in [0.1, 0.15) is 17.3 Å². The Morgan fingerprint density at radius 2 is 2.20 bits per heavy atom. The number of carbonyl (C=O) groups is 1. The summed E-state index contributed by atoms with van der Waals surface area (Å²) < 4.78 is 7.67. The molecule has 4 rings (SSSR count). The van der Waals surface area contributed by atoms with Crippen molar-refractivity contribution in [1.29, 1.82) is 0 Å². The van der Waals surface area contributed by atoms with Crippen LogP contribution in [0.3, 0.4) is 0 Å². The van der Waals surface area contributed by atoms with Crippen LogP contribution < -0.4 is 0 Å². The molecular formula is C18H21N5O2. The number of morpholine rings is 1. The fraction of sp³-hybridized carbons (Fsp3) is 0.389. The summed E-state index contributed by atoms with van der Waals surface area (Å²) in [6, 6.07) is 9.82. The number of nitrogens with zero attached hydrogens (tertiary/aromatic N) is 4. The highest BCUT2D eigenvalue weighted by Crippen LogP contribution is 2.18. The van der Waals surface area contributed by atoms with Gasteiger partial charge in [0.25, 0.3) is 5.91 Å². The van der Waals surface area contributed by atoms with Crippen molar-refractivity contribution < 1.29 is 9.53 Å². The van der Waals surface area contributed by atoms with Crippen LogP contribution in [-0.2, 0) is 11.3 Å². The van der Waals surface area contributed by atoms with E-state index in [-0.39, 0.29) is 12.0 Å². The van der Waals surface area contributed by atoms with Gasteiger partial charge in [-0.05, 0) is 26.0 Å². The molecule has 0 unspecified atom stereocenters. The number of H-pyrrole nitrogens is 1. The van der Waals surface area contributed by atoms with Crippen molar-refractivity contribution in [2.75, 3.05) is 19.7 Å². The molecule has 0 saturated carbocycles. The molecule has 1 saturated heterocycles. The minimum Gasteiger partial charge on any atom is -0.373 e. The Morgan fingerprint density at radius 1 is 1.36 bits per heavy atom. The quantitative estimate of drug-likeness (QED) is 0.791. The van der Waals surface area contributed by atoms with Crippen LogP contribution in [0.15, 0.2) is 30.3 Å². The molecule has 0 radical (unpaired) electrons. The Morgan fingerprint density at radius 3 is 2.96 bits per heavy atom. The van der Waals surface area contributed by atoms with E-state index in [0.717, 1.165) is 22.6 Å². The zero-order chi connectivity index (χ0) is 17.4. The third-order valence-corrected chi connectivity index (χ3v) is 4.53. The number of hydrogen-bond donors (Lipinski definition) is 1. The van der Waals surface area contributed by atoms with Crippen LogP contribution in [0.2, 0.25) is 0 Å². The molecular weight excluding hydrogens is 318 g/mol. The number of aromatic amines is 1. The summed E-state index contributed by atoms with van der Waals surface area (Å²) in [6.07, 6.45) is -0.0816. The lowest BCUT2D eigenvalue weighted by molar-refractivity contribution is -0.0304. The zero-order valence-corrected chi connectivity index (χ0v) is 14.4. The maximum absolute atomic E-state index is 12.8. The predicted molar refractivity (Wildman–Crippen MR) is 93.4 cm³/mol. The number of benzene rings is 1. The third kappa shape index (κ3) is 3.15. The molecule has 3 aromatic rings. The summed E-state index contributed by atoms with van der Waals surface area (Å²) >= 11 is 0. The van der Waals surface area contributed by atoms with Gasteiger partial charge in [-0.1, -0.05) is 18.2 Å². The van der Waals surface area contributed by atoms with Gasteiger partial charge < -0.3 is 14.6 Å². The normalized spacial score (nSPS) is 18.0. The molecule has 3 heterocycles. The van der Waals surface area contributed by atoms with Crippen molar-refractivity contribution >= 4 is 16.8 Å². The molecule has 1 N–H and O–H groups in total. The first-order chi connectivity index (χ1) is 12.1. The second-order valence-corrected chi connectivity index (χ2v) is 6.40. The fourth-order valence-electron chi connectivity index (χ4n) is 3.30. The molecule has 7 nitrogen and oxygen atoms in total. The Kier molecular flexibility index (Phi) is 4.01. The van der Waals surface area contributed by atoms with E-state index in [0.29, 0.717) is 31.9 Å². The molecule has 1 aliphatic heterocycles. The van der Waals surface area contributed by atoms with Crippen molar-refractivity contribution in [2.45, 2.75) is 26.5 Å². The summed E-state index contributed by atoms with van der Waals surface area (Å²) in [7, 11) is 0. The van der Waals surface area contributed by atoms with Gasteiger partial charge in [-0.25, -0.2) is 9.67 Å². The molecule has 2 aromatic heterocycles. The highest BCUT2D eigenvalue weighted by atomic mass is 16.5. The van der Waals surface area contributed by atoms with Gasteiger partial charge in [-0.3, -0.25) is 4.79 Å². The first-order valence-electron chi connectivity index (χ1n) is 8.47. The molecule has 1 fully saturated rings. The van der Waals surface area contributed by atoms with E-state index in [1.807, 2.05) is 53.8 Å². The number of fused-ring (bicyclic) bond motifs is 1. The number of para-hydroxylation sites is 1. The number of ether oxygens (including phenoxy) is 1. The molecule has 0 aliphatic carbocycles. The minimum atomic E-state index is -0.0816. The van der Waals surface area contributed by atoms with Crippen LogP contribution >= 0.6 is 0 Å². The van der Waals surface area contributed by atoms with Crippen LogP contribution in [0.25, 0.3) is 10.9 Å². The molecule has 25 heavy (non-hydrogen) atoms. The van der Waals surface area contributed by atoms with Gasteiger partial charge in [0.15, 0.2) is 0 Å². The van der Waals surface area contributed by atoms with Gasteiger partial charge in [0, 0.05) is 24.0 Å². The number of carbonyl (C=O) groups excluding carboxylic acids is 1. The predicted octanol–water partition coefficient (Wildman–Crippen LogP) is 1.92. The Balaban J connectivity index is 1.48. The van der Waals surface area contributed by atoms with Gasteiger partial charge in [0.2, 0.25) is 0 Å². The van der Waals surface area contributed by atoms with Crippen molar-refractivity contribution in [3.63, 3.8) is 0 Å². The van der Waals surface area contributed by atoms with Crippen molar-refractivity contribution in [1.82, 2.24) is 24.6 Å². The van der Waals surface area contributed by atoms with Crippen molar-refractivity contribution in [2.24, 2.45) is 0 Å². The molecule has 1 amide bonds. The Labute approximate surface area is 145 Å². The summed E-state index contributed by atoms with van der Waals surface area (Å²) in [5.41, 5.74) is 1.60. The van der Waals surface area contributed by atoms with Gasteiger partial charge in [-0.15, -0.1) is 0 Å². The van der Waals surface area contributed by atoms with Crippen molar-refractivity contribution in [3.05, 3.63) is 47.7 Å². The standard InChI is InChI=1S/C18H21N5O2/c1-12-19-13(2)23(21-12)11-15-10-22(7-8-25-15)18(24)17-9-14-5-3-4-6-16(14)20-17/h3-6,9,15,20H,7-8,10-11H2,1-2H3/t15-/m0/s1. The topological polar surface area (TPSA) is 76.0 Å². The van der Waals surface area contributed by atoms with Crippen LogP contribution in [-0.4, -0.2) is 56.4 Å². The third-order valence-electron chi connectivity index (χ3n) is 4.53. The van der Waals surface area contributed by atoms with Crippen LogP contribution in [0.4, 0.5) is 0 Å². The number of nitrogens with one attached hydrogen (secondary N) is 1. The molecule has 0 spiro atoms. The minimum absolute atomic E-state index is 0.0102. The molecule has 1 atom stereocenters. The maximum atomic E-state index is 12.8. The van der Waals surface area contributed by atoms with E-state index in [1.54, 1.807) is 0 Å². The largest absolute Gasteiger partial charge is 0.373 e. The molecule has 1 aromatic carbocycles. The van der Waals surface area contributed by atoms with Crippen molar-refractivity contribution in [3.8, 4) is 0 Å². The van der Waals surface area contributed by atoms with Gasteiger partial charge in [0.05, 0.1) is 19.3 Å². The van der Waals surface area contributed by atoms with Gasteiger partial charge in [-0.2, -0.15) is 5.10 Å². The average Bonchev–Trinajstić information content (AvgIpc) is 3.17. The summed E-state index contributed by atoms with van der Waals surface area (Å²) in [5, 5.41) is 5.42. The van der Waals surface area contributed by atoms with E-state index < -0.39 is 0 Å².